The Hall–Kier alpha value is -2.57. The molecule has 2 atom stereocenters. The van der Waals surface area contributed by atoms with Crippen LogP contribution in [0.5, 0.6) is 0 Å². The molecule has 2 aromatic carbocycles. The summed E-state index contributed by atoms with van der Waals surface area (Å²) in [5.74, 6) is -1.32. The molecule has 3 amide bonds. The Morgan fingerprint density at radius 2 is 1.90 bits per heavy atom. The first-order chi connectivity index (χ1) is 13.8. The Kier molecular flexibility index (Phi) is 6.77. The smallest absolute Gasteiger partial charge is 0.243 e. The van der Waals surface area contributed by atoms with Crippen molar-refractivity contribution >= 4 is 46.6 Å². The Balaban J connectivity index is 1.53. The lowest BCUT2D eigenvalue weighted by atomic mass is 10.1. The fourth-order valence-electron chi connectivity index (χ4n) is 3.29. The van der Waals surface area contributed by atoms with Gasteiger partial charge in [0, 0.05) is 18.0 Å². The Bertz CT molecular complexity index is 921. The number of carbonyl (C=O) groups is 3. The molecule has 2 aromatic rings. The highest BCUT2D eigenvalue weighted by atomic mass is 35.5. The maximum atomic E-state index is 12.5. The SMILES string of the molecule is C[C@@H](c1ccccc1)N1C[C@@H](C(=O)NCC(=O)Nc2cc(Cl)ccc2Cl)CC1=O. The van der Waals surface area contributed by atoms with Crippen LogP contribution in [0, 0.1) is 5.92 Å². The van der Waals surface area contributed by atoms with Gasteiger partial charge in [-0.05, 0) is 30.7 Å². The molecule has 152 valence electrons. The number of hydrogen-bond donors (Lipinski definition) is 2. The normalized spacial score (nSPS) is 17.1. The van der Waals surface area contributed by atoms with Crippen molar-refractivity contribution in [1.82, 2.24) is 10.2 Å². The monoisotopic (exact) mass is 433 g/mol. The van der Waals surface area contributed by atoms with Gasteiger partial charge in [0.1, 0.15) is 0 Å². The third-order valence-electron chi connectivity index (χ3n) is 4.90. The van der Waals surface area contributed by atoms with E-state index in [4.69, 9.17) is 23.2 Å². The molecule has 0 spiro atoms. The number of likely N-dealkylation sites (tertiary alicyclic amines) is 1. The number of hydrogen-bond acceptors (Lipinski definition) is 3. The fraction of sp³-hybridized carbons (Fsp3) is 0.286. The van der Waals surface area contributed by atoms with Gasteiger partial charge in [-0.15, -0.1) is 0 Å². The molecule has 8 heteroatoms. The number of nitrogens with one attached hydrogen (secondary N) is 2. The lowest BCUT2D eigenvalue weighted by molar-refractivity contribution is -0.130. The van der Waals surface area contributed by atoms with Crippen LogP contribution < -0.4 is 10.6 Å². The van der Waals surface area contributed by atoms with Gasteiger partial charge in [0.2, 0.25) is 17.7 Å². The van der Waals surface area contributed by atoms with Crippen LogP contribution in [0.3, 0.4) is 0 Å². The zero-order chi connectivity index (χ0) is 21.0. The first-order valence-electron chi connectivity index (χ1n) is 9.22. The van der Waals surface area contributed by atoms with E-state index in [-0.39, 0.29) is 30.8 Å². The number of halogens is 2. The summed E-state index contributed by atoms with van der Waals surface area (Å²) in [4.78, 5) is 38.7. The Morgan fingerprint density at radius 1 is 1.17 bits per heavy atom. The maximum Gasteiger partial charge on any atom is 0.243 e. The van der Waals surface area contributed by atoms with Crippen LogP contribution in [0.15, 0.2) is 48.5 Å². The van der Waals surface area contributed by atoms with Crippen molar-refractivity contribution < 1.29 is 14.4 Å². The molecule has 1 fully saturated rings. The van der Waals surface area contributed by atoms with Crippen molar-refractivity contribution in [3.05, 3.63) is 64.1 Å². The van der Waals surface area contributed by atoms with Gasteiger partial charge in [0.15, 0.2) is 0 Å². The average Bonchev–Trinajstić information content (AvgIpc) is 3.10. The van der Waals surface area contributed by atoms with Crippen molar-refractivity contribution in [1.29, 1.82) is 0 Å². The maximum absolute atomic E-state index is 12.5. The topological polar surface area (TPSA) is 78.5 Å². The van der Waals surface area contributed by atoms with Crippen LogP contribution in [-0.4, -0.2) is 35.7 Å². The molecule has 1 aliphatic rings. The number of carbonyl (C=O) groups excluding carboxylic acids is 3. The van der Waals surface area contributed by atoms with Crippen LogP contribution in [0.1, 0.15) is 24.9 Å². The highest BCUT2D eigenvalue weighted by Gasteiger charge is 2.37. The minimum absolute atomic E-state index is 0.0725. The van der Waals surface area contributed by atoms with Crippen LogP contribution in [0.25, 0.3) is 0 Å². The van der Waals surface area contributed by atoms with E-state index in [1.165, 1.54) is 6.07 Å². The van der Waals surface area contributed by atoms with Crippen LogP contribution in [0.2, 0.25) is 10.0 Å². The van der Waals surface area contributed by atoms with E-state index >= 15 is 0 Å². The highest BCUT2D eigenvalue weighted by Crippen LogP contribution is 2.28. The highest BCUT2D eigenvalue weighted by molar-refractivity contribution is 6.35. The van der Waals surface area contributed by atoms with Gasteiger partial charge in [0.25, 0.3) is 0 Å². The van der Waals surface area contributed by atoms with Gasteiger partial charge in [-0.25, -0.2) is 0 Å². The number of amides is 3. The molecule has 29 heavy (non-hydrogen) atoms. The van der Waals surface area contributed by atoms with E-state index in [2.05, 4.69) is 10.6 Å². The molecule has 0 bridgehead atoms. The standard InChI is InChI=1S/C21H21Cl2N3O3/c1-13(14-5-3-2-4-6-14)26-12-15(9-20(26)28)21(29)24-11-19(27)25-18-10-16(22)7-8-17(18)23/h2-8,10,13,15H,9,11-12H2,1H3,(H,24,29)(H,25,27)/t13-,15-/m0/s1. The van der Waals surface area contributed by atoms with E-state index in [1.807, 2.05) is 37.3 Å². The third kappa shape index (κ3) is 5.28. The van der Waals surface area contributed by atoms with Gasteiger partial charge in [-0.2, -0.15) is 0 Å². The average molecular weight is 434 g/mol. The van der Waals surface area contributed by atoms with Crippen molar-refractivity contribution in [3.63, 3.8) is 0 Å². The summed E-state index contributed by atoms with van der Waals surface area (Å²) < 4.78 is 0. The number of nitrogens with zero attached hydrogens (tertiary/aromatic N) is 1. The van der Waals surface area contributed by atoms with Crippen molar-refractivity contribution in [2.75, 3.05) is 18.4 Å². The van der Waals surface area contributed by atoms with Crippen molar-refractivity contribution in [3.8, 4) is 0 Å². The fourth-order valence-corrected chi connectivity index (χ4v) is 3.63. The zero-order valence-electron chi connectivity index (χ0n) is 15.8. The Labute approximate surface area is 179 Å². The molecular weight excluding hydrogens is 413 g/mol. The molecule has 0 aliphatic carbocycles. The van der Waals surface area contributed by atoms with Gasteiger partial charge in [-0.1, -0.05) is 53.5 Å². The van der Waals surface area contributed by atoms with E-state index in [9.17, 15) is 14.4 Å². The minimum Gasteiger partial charge on any atom is -0.347 e. The summed E-state index contributed by atoms with van der Waals surface area (Å²) in [5.41, 5.74) is 1.39. The summed E-state index contributed by atoms with van der Waals surface area (Å²) in [7, 11) is 0. The molecular formula is C21H21Cl2N3O3. The Morgan fingerprint density at radius 3 is 2.62 bits per heavy atom. The van der Waals surface area contributed by atoms with E-state index in [0.29, 0.717) is 22.3 Å². The summed E-state index contributed by atoms with van der Waals surface area (Å²) in [5, 5.41) is 5.98. The summed E-state index contributed by atoms with van der Waals surface area (Å²) in [6.45, 7) is 2.04. The first kappa shape index (κ1) is 21.1. The van der Waals surface area contributed by atoms with Crippen LogP contribution in [-0.2, 0) is 14.4 Å². The van der Waals surface area contributed by atoms with Gasteiger partial charge in [-0.3, -0.25) is 14.4 Å². The number of benzene rings is 2. The van der Waals surface area contributed by atoms with Gasteiger partial charge < -0.3 is 15.5 Å². The first-order valence-corrected chi connectivity index (χ1v) is 9.97. The van der Waals surface area contributed by atoms with Crippen LogP contribution >= 0.6 is 23.2 Å². The quantitative estimate of drug-likeness (QED) is 0.729. The van der Waals surface area contributed by atoms with Crippen molar-refractivity contribution in [2.24, 2.45) is 5.92 Å². The molecule has 0 radical (unpaired) electrons. The molecule has 2 N–H and O–H groups in total. The predicted octanol–water partition coefficient (Wildman–Crippen LogP) is 3.66. The minimum atomic E-state index is -0.490. The molecule has 1 saturated heterocycles. The van der Waals surface area contributed by atoms with Gasteiger partial charge in [0.05, 0.1) is 29.2 Å². The summed E-state index contributed by atoms with van der Waals surface area (Å²) >= 11 is 11.9. The molecule has 1 aliphatic heterocycles. The van der Waals surface area contributed by atoms with Crippen molar-refractivity contribution in [2.45, 2.75) is 19.4 Å². The largest absolute Gasteiger partial charge is 0.347 e. The lowest BCUT2D eigenvalue weighted by Crippen LogP contribution is -2.38. The second-order valence-electron chi connectivity index (χ2n) is 6.92. The zero-order valence-corrected chi connectivity index (χ0v) is 17.3. The molecule has 6 nitrogen and oxygen atoms in total. The number of anilines is 1. The van der Waals surface area contributed by atoms with E-state index in [0.717, 1.165) is 5.56 Å². The second-order valence-corrected chi connectivity index (χ2v) is 7.77. The summed E-state index contributed by atoms with van der Waals surface area (Å²) in [6.07, 6.45) is 0.130. The second kappa shape index (κ2) is 9.29. The van der Waals surface area contributed by atoms with Gasteiger partial charge >= 0.3 is 0 Å². The molecule has 0 aromatic heterocycles. The molecule has 0 saturated carbocycles. The van der Waals surface area contributed by atoms with Crippen LogP contribution in [0.4, 0.5) is 5.69 Å². The van der Waals surface area contributed by atoms with E-state index < -0.39 is 11.8 Å². The predicted molar refractivity (Wildman–Crippen MR) is 113 cm³/mol. The molecule has 3 rings (SSSR count). The molecule has 1 heterocycles. The number of rotatable bonds is 6. The summed E-state index contributed by atoms with van der Waals surface area (Å²) in [6, 6.07) is 14.3. The lowest BCUT2D eigenvalue weighted by Gasteiger charge is -2.25. The third-order valence-corrected chi connectivity index (χ3v) is 5.47. The molecule has 0 unspecified atom stereocenters. The van der Waals surface area contributed by atoms with E-state index in [1.54, 1.807) is 17.0 Å².